The molecule has 1 fully saturated rings. The highest BCUT2D eigenvalue weighted by Crippen LogP contribution is 2.21. The van der Waals surface area contributed by atoms with Gasteiger partial charge in [-0.1, -0.05) is 17.7 Å². The summed E-state index contributed by atoms with van der Waals surface area (Å²) >= 11 is 5.99. The van der Waals surface area contributed by atoms with Gasteiger partial charge in [-0.3, -0.25) is 9.59 Å². The number of carbonyl (C=O) groups is 2. The number of halogens is 1. The molecule has 3 rings (SSSR count). The first-order valence-electron chi connectivity index (χ1n) is 9.11. The Morgan fingerprint density at radius 2 is 2.00 bits per heavy atom. The minimum Gasteiger partial charge on any atom is -0.494 e. The Morgan fingerprint density at radius 1 is 1.19 bits per heavy atom. The van der Waals surface area contributed by atoms with Crippen LogP contribution in [-0.4, -0.2) is 24.5 Å². The number of ether oxygens (including phenoxy) is 1. The van der Waals surface area contributed by atoms with Crippen molar-refractivity contribution in [3.8, 4) is 5.75 Å². The summed E-state index contributed by atoms with van der Waals surface area (Å²) in [5.74, 6) is 0.539. The van der Waals surface area contributed by atoms with E-state index < -0.39 is 0 Å². The van der Waals surface area contributed by atoms with E-state index in [1.807, 2.05) is 19.1 Å². The van der Waals surface area contributed by atoms with Crippen LogP contribution in [0.25, 0.3) is 0 Å². The highest BCUT2D eigenvalue weighted by atomic mass is 35.5. The monoisotopic (exact) mass is 386 g/mol. The molecule has 1 aliphatic rings. The van der Waals surface area contributed by atoms with Gasteiger partial charge in [-0.25, -0.2) is 0 Å². The van der Waals surface area contributed by atoms with Gasteiger partial charge in [0.2, 0.25) is 5.91 Å². The molecule has 0 heterocycles. The number of hydrogen-bond acceptors (Lipinski definition) is 3. The number of rotatable bonds is 8. The SMILES string of the molecule is Cc1cc(OCCCC(=O)Nc2cccc(C(=O)NC3CC3)c2)ccc1Cl. The Hall–Kier alpha value is -2.53. The highest BCUT2D eigenvalue weighted by molar-refractivity contribution is 6.31. The van der Waals surface area contributed by atoms with Crippen LogP contribution in [-0.2, 0) is 4.79 Å². The summed E-state index contributed by atoms with van der Waals surface area (Å²) in [5.41, 5.74) is 2.14. The molecule has 2 aromatic carbocycles. The summed E-state index contributed by atoms with van der Waals surface area (Å²) in [5, 5.41) is 6.47. The molecule has 142 valence electrons. The number of anilines is 1. The van der Waals surface area contributed by atoms with Crippen LogP contribution in [0.3, 0.4) is 0 Å². The summed E-state index contributed by atoms with van der Waals surface area (Å²) in [4.78, 5) is 24.2. The number of aryl methyl sites for hydroxylation is 1. The van der Waals surface area contributed by atoms with Crippen molar-refractivity contribution < 1.29 is 14.3 Å². The van der Waals surface area contributed by atoms with E-state index in [0.717, 1.165) is 24.2 Å². The summed E-state index contributed by atoms with van der Waals surface area (Å²) in [6.07, 6.45) is 3.01. The second-order valence-electron chi connectivity index (χ2n) is 6.74. The maximum absolute atomic E-state index is 12.1. The molecule has 2 aromatic rings. The average molecular weight is 387 g/mol. The Morgan fingerprint density at radius 3 is 2.74 bits per heavy atom. The molecule has 0 saturated heterocycles. The van der Waals surface area contributed by atoms with Crippen LogP contribution in [0.4, 0.5) is 5.69 Å². The highest BCUT2D eigenvalue weighted by Gasteiger charge is 2.23. The van der Waals surface area contributed by atoms with E-state index >= 15 is 0 Å². The van der Waals surface area contributed by atoms with Crippen molar-refractivity contribution >= 4 is 29.1 Å². The largest absolute Gasteiger partial charge is 0.494 e. The molecule has 0 aliphatic heterocycles. The third kappa shape index (κ3) is 6.00. The molecular formula is C21H23ClN2O3. The minimum atomic E-state index is -0.106. The molecule has 6 heteroatoms. The van der Waals surface area contributed by atoms with E-state index in [-0.39, 0.29) is 11.8 Å². The second kappa shape index (κ2) is 8.91. The standard InChI is InChI=1S/C21H23ClN2O3/c1-14-12-18(9-10-19(14)22)27-11-3-6-20(25)23-17-5-2-4-15(13-17)21(26)24-16-7-8-16/h2,4-5,9-10,12-13,16H,3,6-8,11H2,1H3,(H,23,25)(H,24,26). The zero-order chi connectivity index (χ0) is 19.2. The summed E-state index contributed by atoms with van der Waals surface area (Å²) in [6.45, 7) is 2.36. The molecular weight excluding hydrogens is 364 g/mol. The van der Waals surface area contributed by atoms with Crippen LogP contribution >= 0.6 is 11.6 Å². The molecule has 0 aromatic heterocycles. The van der Waals surface area contributed by atoms with Gasteiger partial charge >= 0.3 is 0 Å². The van der Waals surface area contributed by atoms with Gasteiger partial charge in [-0.05, 0) is 68.1 Å². The molecule has 5 nitrogen and oxygen atoms in total. The normalized spacial score (nSPS) is 13.1. The van der Waals surface area contributed by atoms with Crippen molar-refractivity contribution in [2.45, 2.75) is 38.6 Å². The molecule has 1 saturated carbocycles. The van der Waals surface area contributed by atoms with Gasteiger partial charge in [0.1, 0.15) is 5.75 Å². The predicted octanol–water partition coefficient (Wildman–Crippen LogP) is 4.34. The Bertz CT molecular complexity index is 834. The lowest BCUT2D eigenvalue weighted by Gasteiger charge is -2.09. The number of amides is 2. The Balaban J connectivity index is 1.42. The van der Waals surface area contributed by atoms with Crippen LogP contribution in [0, 0.1) is 6.92 Å². The molecule has 1 aliphatic carbocycles. The topological polar surface area (TPSA) is 67.4 Å². The first-order chi connectivity index (χ1) is 13.0. The third-order valence-electron chi connectivity index (χ3n) is 4.27. The Labute approximate surface area is 164 Å². The lowest BCUT2D eigenvalue weighted by atomic mass is 10.2. The number of nitrogens with one attached hydrogen (secondary N) is 2. The van der Waals surface area contributed by atoms with Crippen LogP contribution in [0.2, 0.25) is 5.02 Å². The van der Waals surface area contributed by atoms with Gasteiger partial charge in [0.05, 0.1) is 6.61 Å². The lowest BCUT2D eigenvalue weighted by Crippen LogP contribution is -2.25. The van der Waals surface area contributed by atoms with Crippen LogP contribution < -0.4 is 15.4 Å². The average Bonchev–Trinajstić information content (AvgIpc) is 3.46. The first kappa shape index (κ1) is 19.2. The summed E-state index contributed by atoms with van der Waals surface area (Å²) < 4.78 is 5.64. The summed E-state index contributed by atoms with van der Waals surface area (Å²) in [6, 6.07) is 12.8. The van der Waals surface area contributed by atoms with E-state index in [1.165, 1.54) is 0 Å². The maximum Gasteiger partial charge on any atom is 0.251 e. The van der Waals surface area contributed by atoms with Crippen molar-refractivity contribution in [3.63, 3.8) is 0 Å². The number of benzene rings is 2. The van der Waals surface area contributed by atoms with E-state index in [2.05, 4.69) is 10.6 Å². The van der Waals surface area contributed by atoms with Crippen LogP contribution in [0.5, 0.6) is 5.75 Å². The number of carbonyl (C=O) groups excluding carboxylic acids is 2. The van der Waals surface area contributed by atoms with Crippen LogP contribution in [0.1, 0.15) is 41.6 Å². The van der Waals surface area contributed by atoms with Gasteiger partial charge in [-0.15, -0.1) is 0 Å². The minimum absolute atomic E-state index is 0.0970. The molecule has 2 N–H and O–H groups in total. The third-order valence-corrected chi connectivity index (χ3v) is 4.69. The smallest absolute Gasteiger partial charge is 0.251 e. The predicted molar refractivity (Wildman–Crippen MR) is 106 cm³/mol. The van der Waals surface area contributed by atoms with Gasteiger partial charge in [-0.2, -0.15) is 0 Å². The molecule has 0 spiro atoms. The van der Waals surface area contributed by atoms with Crippen molar-refractivity contribution in [1.82, 2.24) is 5.32 Å². The fourth-order valence-corrected chi connectivity index (χ4v) is 2.71. The molecule has 2 amide bonds. The lowest BCUT2D eigenvalue weighted by molar-refractivity contribution is -0.116. The van der Waals surface area contributed by atoms with Gasteiger partial charge in [0.25, 0.3) is 5.91 Å². The zero-order valence-corrected chi connectivity index (χ0v) is 16.0. The van der Waals surface area contributed by atoms with Crippen LogP contribution in [0.15, 0.2) is 42.5 Å². The second-order valence-corrected chi connectivity index (χ2v) is 7.15. The van der Waals surface area contributed by atoms with Gasteiger partial charge < -0.3 is 15.4 Å². The maximum atomic E-state index is 12.1. The first-order valence-corrected chi connectivity index (χ1v) is 9.49. The number of hydrogen-bond donors (Lipinski definition) is 2. The van der Waals surface area contributed by atoms with E-state index in [0.29, 0.717) is 41.8 Å². The molecule has 27 heavy (non-hydrogen) atoms. The zero-order valence-electron chi connectivity index (χ0n) is 15.3. The van der Waals surface area contributed by atoms with Gasteiger partial charge in [0.15, 0.2) is 0 Å². The quantitative estimate of drug-likeness (QED) is 0.663. The fraction of sp³-hybridized carbons (Fsp3) is 0.333. The van der Waals surface area contributed by atoms with E-state index in [9.17, 15) is 9.59 Å². The Kier molecular flexibility index (Phi) is 6.35. The van der Waals surface area contributed by atoms with Crippen molar-refractivity contribution in [2.75, 3.05) is 11.9 Å². The molecule has 0 bridgehead atoms. The van der Waals surface area contributed by atoms with Crippen molar-refractivity contribution in [3.05, 3.63) is 58.6 Å². The fourth-order valence-electron chi connectivity index (χ4n) is 2.59. The van der Waals surface area contributed by atoms with E-state index in [4.69, 9.17) is 16.3 Å². The van der Waals surface area contributed by atoms with E-state index in [1.54, 1.807) is 30.3 Å². The van der Waals surface area contributed by atoms with Gasteiger partial charge in [0, 0.05) is 28.7 Å². The van der Waals surface area contributed by atoms with Crippen molar-refractivity contribution in [1.29, 1.82) is 0 Å². The molecule has 0 unspecified atom stereocenters. The van der Waals surface area contributed by atoms with Crippen molar-refractivity contribution in [2.24, 2.45) is 0 Å². The molecule has 0 radical (unpaired) electrons. The molecule has 0 atom stereocenters. The summed E-state index contributed by atoms with van der Waals surface area (Å²) in [7, 11) is 0.